The molecule has 1 heterocycles. The highest BCUT2D eigenvalue weighted by Crippen LogP contribution is 2.09. The van der Waals surface area contributed by atoms with E-state index in [1.165, 1.54) is 11.9 Å². The van der Waals surface area contributed by atoms with Gasteiger partial charge in [0.1, 0.15) is 0 Å². The molecule has 0 atom stereocenters. The summed E-state index contributed by atoms with van der Waals surface area (Å²) in [6.07, 6.45) is 0.919. The molecule has 138 valence electrons. The van der Waals surface area contributed by atoms with E-state index in [-0.39, 0.29) is 29.7 Å². The number of rotatable bonds is 8. The highest BCUT2D eigenvalue weighted by molar-refractivity contribution is 14.0. The Balaban J connectivity index is 0.00000312. The molecule has 0 saturated heterocycles. The second-order valence-corrected chi connectivity index (χ2v) is 8.20. The average molecular weight is 494 g/mol. The number of nitrogens with two attached hydrogens (primary N) is 1. The fraction of sp³-hybridized carbons (Fsp3) is 0.312. The van der Waals surface area contributed by atoms with Crippen molar-refractivity contribution in [3.63, 3.8) is 0 Å². The highest BCUT2D eigenvalue weighted by atomic mass is 127. The Labute approximate surface area is 170 Å². The highest BCUT2D eigenvalue weighted by Gasteiger charge is 2.08. The third-order valence-corrected chi connectivity index (χ3v) is 5.65. The second kappa shape index (κ2) is 10.7. The van der Waals surface area contributed by atoms with Crippen LogP contribution < -0.4 is 15.8 Å². The molecule has 0 aliphatic rings. The summed E-state index contributed by atoms with van der Waals surface area (Å²) < 4.78 is 25.3. The number of hydrogen-bond donors (Lipinski definition) is 3. The van der Waals surface area contributed by atoms with Crippen molar-refractivity contribution in [1.82, 2.24) is 10.0 Å². The lowest BCUT2D eigenvalue weighted by atomic mass is 10.1. The minimum absolute atomic E-state index is 0. The number of guanidine groups is 1. The normalized spacial score (nSPS) is 11.8. The van der Waals surface area contributed by atoms with E-state index in [0.29, 0.717) is 12.5 Å². The molecule has 0 saturated carbocycles. The zero-order valence-corrected chi connectivity index (χ0v) is 17.9. The fourth-order valence-corrected chi connectivity index (χ4v) is 3.52. The van der Waals surface area contributed by atoms with Gasteiger partial charge in [0.25, 0.3) is 0 Å². The predicted molar refractivity (Wildman–Crippen MR) is 115 cm³/mol. The smallest absolute Gasteiger partial charge is 0.215 e. The number of halogens is 1. The topological polar surface area (TPSA) is 96.6 Å². The first-order chi connectivity index (χ1) is 11.5. The first kappa shape index (κ1) is 21.9. The Morgan fingerprint density at radius 1 is 1.20 bits per heavy atom. The van der Waals surface area contributed by atoms with Crippen LogP contribution in [0.5, 0.6) is 0 Å². The van der Waals surface area contributed by atoms with Crippen molar-refractivity contribution in [3.8, 4) is 0 Å². The quantitative estimate of drug-likeness (QED) is 0.298. The minimum Gasteiger partial charge on any atom is -0.370 e. The van der Waals surface area contributed by atoms with Crippen LogP contribution in [0.3, 0.4) is 0 Å². The summed E-state index contributed by atoms with van der Waals surface area (Å²) in [4.78, 5) is 5.60. The molecule has 0 fully saturated rings. The van der Waals surface area contributed by atoms with E-state index in [2.05, 4.69) is 26.5 Å². The van der Waals surface area contributed by atoms with Gasteiger partial charge in [-0.05, 0) is 36.0 Å². The van der Waals surface area contributed by atoms with Crippen molar-refractivity contribution < 1.29 is 8.42 Å². The number of aliphatic imine (C=N–C) groups is 1. The van der Waals surface area contributed by atoms with Crippen LogP contribution in [0.15, 0.2) is 46.8 Å². The lowest BCUT2D eigenvalue weighted by Gasteiger charge is -2.06. The van der Waals surface area contributed by atoms with Crippen molar-refractivity contribution >= 4 is 51.3 Å². The van der Waals surface area contributed by atoms with Gasteiger partial charge in [0.05, 0.1) is 12.3 Å². The molecule has 1 aromatic carbocycles. The second-order valence-electron chi connectivity index (χ2n) is 5.24. The number of thiophene rings is 1. The molecule has 0 amide bonds. The fourth-order valence-electron chi connectivity index (χ4n) is 2.03. The summed E-state index contributed by atoms with van der Waals surface area (Å²) in [7, 11) is -1.84. The lowest BCUT2D eigenvalue weighted by Crippen LogP contribution is -2.33. The summed E-state index contributed by atoms with van der Waals surface area (Å²) in [5, 5.41) is 5.14. The Morgan fingerprint density at radius 3 is 2.48 bits per heavy atom. The number of sulfonamides is 1. The van der Waals surface area contributed by atoms with Crippen molar-refractivity contribution in [2.75, 3.05) is 13.6 Å². The molecular weight excluding hydrogens is 471 g/mol. The molecule has 0 aliphatic heterocycles. The first-order valence-electron chi connectivity index (χ1n) is 7.54. The monoisotopic (exact) mass is 494 g/mol. The maximum atomic E-state index is 11.5. The van der Waals surface area contributed by atoms with Crippen LogP contribution in [0.1, 0.15) is 16.0 Å². The summed E-state index contributed by atoms with van der Waals surface area (Å²) in [6.45, 7) is 1.20. The summed E-state index contributed by atoms with van der Waals surface area (Å²) in [6, 6.07) is 11.4. The Hall–Kier alpha value is -1.17. The summed E-state index contributed by atoms with van der Waals surface area (Å²) in [5.41, 5.74) is 7.56. The van der Waals surface area contributed by atoms with E-state index in [4.69, 9.17) is 5.73 Å². The van der Waals surface area contributed by atoms with Gasteiger partial charge in [0, 0.05) is 11.4 Å². The van der Waals surface area contributed by atoms with Crippen LogP contribution in [0, 0.1) is 0 Å². The number of benzene rings is 1. The van der Waals surface area contributed by atoms with Crippen LogP contribution in [-0.4, -0.2) is 28.0 Å². The molecule has 0 unspecified atom stereocenters. The Bertz CT molecular complexity index is 760. The Morgan fingerprint density at radius 2 is 1.88 bits per heavy atom. The van der Waals surface area contributed by atoms with Crippen LogP contribution >= 0.6 is 35.3 Å². The van der Waals surface area contributed by atoms with Gasteiger partial charge in [-0.2, -0.15) is 0 Å². The largest absolute Gasteiger partial charge is 0.370 e. The number of hydrogen-bond acceptors (Lipinski definition) is 4. The van der Waals surface area contributed by atoms with Crippen molar-refractivity contribution in [2.45, 2.75) is 18.7 Å². The van der Waals surface area contributed by atoms with Crippen molar-refractivity contribution in [2.24, 2.45) is 10.7 Å². The van der Waals surface area contributed by atoms with E-state index < -0.39 is 10.0 Å². The maximum Gasteiger partial charge on any atom is 0.215 e. The van der Waals surface area contributed by atoms with E-state index in [1.807, 2.05) is 18.2 Å². The molecule has 9 heteroatoms. The van der Waals surface area contributed by atoms with Gasteiger partial charge in [-0.3, -0.25) is 0 Å². The van der Waals surface area contributed by atoms with Gasteiger partial charge in [-0.15, -0.1) is 35.3 Å². The number of nitrogens with zero attached hydrogens (tertiary/aromatic N) is 1. The van der Waals surface area contributed by atoms with Crippen molar-refractivity contribution in [1.29, 1.82) is 0 Å². The minimum atomic E-state index is -3.25. The van der Waals surface area contributed by atoms with Crippen LogP contribution in [-0.2, 0) is 28.7 Å². The number of nitrogens with one attached hydrogen (secondary N) is 2. The maximum absolute atomic E-state index is 11.5. The standard InChI is InChI=1S/C16H22N4O2S2.HI/c1-18-24(21,22)12-14-6-4-13(5-7-14)11-20-16(17)19-9-8-15-3-2-10-23-15;/h2-7,10,18H,8-9,11-12H2,1H3,(H3,17,19,20);1H. The van der Waals surface area contributed by atoms with Crippen LogP contribution in [0.4, 0.5) is 0 Å². The molecule has 6 nitrogen and oxygen atoms in total. The third kappa shape index (κ3) is 8.17. The summed E-state index contributed by atoms with van der Waals surface area (Å²) in [5.74, 6) is 0.382. The molecule has 25 heavy (non-hydrogen) atoms. The Kier molecular flexibility index (Phi) is 9.39. The predicted octanol–water partition coefficient (Wildman–Crippen LogP) is 2.06. The van der Waals surface area contributed by atoms with Gasteiger partial charge in [0.15, 0.2) is 5.96 Å². The van der Waals surface area contributed by atoms with E-state index in [1.54, 1.807) is 23.5 Å². The zero-order chi connectivity index (χ0) is 17.4. The zero-order valence-electron chi connectivity index (χ0n) is 13.9. The SMILES string of the molecule is CNS(=O)(=O)Cc1ccc(CN=C(N)NCCc2cccs2)cc1.I. The molecule has 0 aliphatic carbocycles. The average Bonchev–Trinajstić information content (AvgIpc) is 3.07. The molecule has 0 spiro atoms. The van der Waals surface area contributed by atoms with Gasteiger partial charge in [0.2, 0.25) is 10.0 Å². The van der Waals surface area contributed by atoms with Crippen LogP contribution in [0.25, 0.3) is 0 Å². The molecule has 4 N–H and O–H groups in total. The van der Waals surface area contributed by atoms with Gasteiger partial charge >= 0.3 is 0 Å². The van der Waals surface area contributed by atoms with E-state index in [0.717, 1.165) is 24.1 Å². The van der Waals surface area contributed by atoms with E-state index in [9.17, 15) is 8.42 Å². The third-order valence-electron chi connectivity index (χ3n) is 3.38. The van der Waals surface area contributed by atoms with Gasteiger partial charge in [-0.25, -0.2) is 18.1 Å². The van der Waals surface area contributed by atoms with Gasteiger partial charge < -0.3 is 11.1 Å². The molecule has 1 aromatic heterocycles. The first-order valence-corrected chi connectivity index (χ1v) is 10.1. The molecule has 2 aromatic rings. The summed E-state index contributed by atoms with van der Waals surface area (Å²) >= 11 is 1.72. The molecule has 2 rings (SSSR count). The van der Waals surface area contributed by atoms with E-state index >= 15 is 0 Å². The van der Waals surface area contributed by atoms with Gasteiger partial charge in [-0.1, -0.05) is 30.3 Å². The van der Waals surface area contributed by atoms with Crippen LogP contribution in [0.2, 0.25) is 0 Å². The molecular formula is C16H23IN4O2S2. The van der Waals surface area contributed by atoms with Crippen molar-refractivity contribution in [3.05, 3.63) is 57.8 Å². The molecule has 0 radical (unpaired) electrons. The lowest BCUT2D eigenvalue weighted by molar-refractivity contribution is 0.587. The molecule has 0 bridgehead atoms.